The van der Waals surface area contributed by atoms with E-state index in [1.165, 1.54) is 23.7 Å². The fraction of sp³-hybridized carbons (Fsp3) is 0.800. The molecule has 1 aromatic rings. The zero-order valence-electron chi connectivity index (χ0n) is 12.6. The van der Waals surface area contributed by atoms with E-state index in [1.807, 2.05) is 0 Å². The van der Waals surface area contributed by atoms with E-state index >= 15 is 0 Å². The lowest BCUT2D eigenvalue weighted by Gasteiger charge is -2.19. The first-order valence-corrected chi connectivity index (χ1v) is 8.30. The second kappa shape index (κ2) is 6.82. The molecule has 1 saturated heterocycles. The van der Waals surface area contributed by atoms with Gasteiger partial charge in [-0.15, -0.1) is 11.3 Å². The second-order valence-corrected chi connectivity index (χ2v) is 7.32. The van der Waals surface area contributed by atoms with Crippen LogP contribution >= 0.6 is 11.3 Å². The van der Waals surface area contributed by atoms with Gasteiger partial charge in [0.15, 0.2) is 0 Å². The SMILES string of the molecule is CC(C)CNCc1nc(CN2CC(C)CC2C)cs1. The zero-order valence-corrected chi connectivity index (χ0v) is 13.5. The van der Waals surface area contributed by atoms with Gasteiger partial charge in [0.25, 0.3) is 0 Å². The number of thiazole rings is 1. The van der Waals surface area contributed by atoms with Crippen molar-refractivity contribution in [3.8, 4) is 0 Å². The highest BCUT2D eigenvalue weighted by molar-refractivity contribution is 7.09. The first kappa shape index (κ1) is 14.9. The van der Waals surface area contributed by atoms with Crippen LogP contribution in [-0.2, 0) is 13.1 Å². The molecule has 0 spiro atoms. The molecule has 2 rings (SSSR count). The molecule has 108 valence electrons. The lowest BCUT2D eigenvalue weighted by atomic mass is 10.1. The molecule has 19 heavy (non-hydrogen) atoms. The average molecular weight is 281 g/mol. The van der Waals surface area contributed by atoms with Crippen molar-refractivity contribution < 1.29 is 0 Å². The second-order valence-electron chi connectivity index (χ2n) is 6.38. The number of hydrogen-bond acceptors (Lipinski definition) is 4. The van der Waals surface area contributed by atoms with Crippen LogP contribution in [0.1, 0.15) is 44.8 Å². The minimum atomic E-state index is 0.700. The van der Waals surface area contributed by atoms with Gasteiger partial charge in [0.2, 0.25) is 0 Å². The molecule has 2 unspecified atom stereocenters. The van der Waals surface area contributed by atoms with Gasteiger partial charge in [-0.2, -0.15) is 0 Å². The number of rotatable bonds is 6. The van der Waals surface area contributed by atoms with Gasteiger partial charge in [-0.3, -0.25) is 4.90 Å². The summed E-state index contributed by atoms with van der Waals surface area (Å²) in [6.45, 7) is 13.4. The Bertz CT molecular complexity index is 388. The Balaban J connectivity index is 1.80. The molecule has 1 N–H and O–H groups in total. The predicted octanol–water partition coefficient (Wildman–Crippen LogP) is 3.12. The Labute approximate surface area is 121 Å². The van der Waals surface area contributed by atoms with Crippen molar-refractivity contribution in [3.05, 3.63) is 16.1 Å². The summed E-state index contributed by atoms with van der Waals surface area (Å²) in [4.78, 5) is 7.30. The molecule has 0 bridgehead atoms. The molecule has 2 atom stereocenters. The fourth-order valence-electron chi connectivity index (χ4n) is 2.79. The molecule has 1 aromatic heterocycles. The number of hydrogen-bond donors (Lipinski definition) is 1. The maximum absolute atomic E-state index is 4.74. The molecule has 0 radical (unpaired) electrons. The molecule has 1 aliphatic heterocycles. The van der Waals surface area contributed by atoms with Crippen LogP contribution in [0.2, 0.25) is 0 Å². The maximum atomic E-state index is 4.74. The van der Waals surface area contributed by atoms with E-state index in [1.54, 1.807) is 11.3 Å². The first-order chi connectivity index (χ1) is 9.04. The van der Waals surface area contributed by atoms with E-state index in [4.69, 9.17) is 4.98 Å². The Morgan fingerprint density at radius 1 is 1.47 bits per heavy atom. The van der Waals surface area contributed by atoms with Gasteiger partial charge in [0, 0.05) is 31.1 Å². The lowest BCUT2D eigenvalue weighted by Crippen LogP contribution is -2.26. The minimum Gasteiger partial charge on any atom is -0.310 e. The summed E-state index contributed by atoms with van der Waals surface area (Å²) < 4.78 is 0. The van der Waals surface area contributed by atoms with E-state index in [2.05, 4.69) is 43.3 Å². The van der Waals surface area contributed by atoms with Crippen LogP contribution in [-0.4, -0.2) is 29.0 Å². The van der Waals surface area contributed by atoms with Crippen molar-refractivity contribution in [2.75, 3.05) is 13.1 Å². The third kappa shape index (κ3) is 4.55. The molecular weight excluding hydrogens is 254 g/mol. The standard InChI is InChI=1S/C15H27N3S/c1-11(2)6-16-7-15-17-14(10-19-15)9-18-8-12(3)5-13(18)4/h10-13,16H,5-9H2,1-4H3. The van der Waals surface area contributed by atoms with Crippen molar-refractivity contribution in [2.45, 2.75) is 53.2 Å². The molecule has 0 saturated carbocycles. The topological polar surface area (TPSA) is 28.2 Å². The van der Waals surface area contributed by atoms with E-state index < -0.39 is 0 Å². The van der Waals surface area contributed by atoms with Crippen LogP contribution in [0.25, 0.3) is 0 Å². The zero-order chi connectivity index (χ0) is 13.8. The van der Waals surface area contributed by atoms with Crippen LogP contribution in [0.5, 0.6) is 0 Å². The number of nitrogens with one attached hydrogen (secondary N) is 1. The molecular formula is C15H27N3S. The van der Waals surface area contributed by atoms with Gasteiger partial charge >= 0.3 is 0 Å². The van der Waals surface area contributed by atoms with Crippen molar-refractivity contribution in [2.24, 2.45) is 11.8 Å². The van der Waals surface area contributed by atoms with Crippen molar-refractivity contribution in [1.82, 2.24) is 15.2 Å². The normalized spacial score (nSPS) is 24.5. The lowest BCUT2D eigenvalue weighted by molar-refractivity contribution is 0.254. The van der Waals surface area contributed by atoms with Crippen molar-refractivity contribution in [3.63, 3.8) is 0 Å². The summed E-state index contributed by atoms with van der Waals surface area (Å²) in [5.41, 5.74) is 1.24. The van der Waals surface area contributed by atoms with Crippen LogP contribution in [0, 0.1) is 11.8 Å². The summed E-state index contributed by atoms with van der Waals surface area (Å²) in [7, 11) is 0. The van der Waals surface area contributed by atoms with Crippen LogP contribution in [0.3, 0.4) is 0 Å². The van der Waals surface area contributed by atoms with Gasteiger partial charge in [0.1, 0.15) is 5.01 Å². The number of nitrogens with zero attached hydrogens (tertiary/aromatic N) is 2. The molecule has 1 fully saturated rings. The molecule has 2 heterocycles. The quantitative estimate of drug-likeness (QED) is 0.868. The summed E-state index contributed by atoms with van der Waals surface area (Å²) in [5.74, 6) is 1.53. The molecule has 1 aliphatic rings. The van der Waals surface area contributed by atoms with Crippen LogP contribution < -0.4 is 5.32 Å². The molecule has 3 nitrogen and oxygen atoms in total. The Kier molecular flexibility index (Phi) is 5.37. The Morgan fingerprint density at radius 2 is 2.26 bits per heavy atom. The molecule has 4 heteroatoms. The summed E-state index contributed by atoms with van der Waals surface area (Å²) >= 11 is 1.79. The highest BCUT2D eigenvalue weighted by Gasteiger charge is 2.26. The first-order valence-electron chi connectivity index (χ1n) is 7.42. The van der Waals surface area contributed by atoms with E-state index in [0.29, 0.717) is 12.0 Å². The Morgan fingerprint density at radius 3 is 2.89 bits per heavy atom. The average Bonchev–Trinajstić information content (AvgIpc) is 2.87. The summed E-state index contributed by atoms with van der Waals surface area (Å²) in [5, 5.41) is 6.90. The van der Waals surface area contributed by atoms with Gasteiger partial charge < -0.3 is 5.32 Å². The summed E-state index contributed by atoms with van der Waals surface area (Å²) in [6, 6.07) is 0.708. The fourth-order valence-corrected chi connectivity index (χ4v) is 3.54. The van der Waals surface area contributed by atoms with Gasteiger partial charge in [-0.1, -0.05) is 20.8 Å². The smallest absolute Gasteiger partial charge is 0.107 e. The monoisotopic (exact) mass is 281 g/mol. The van der Waals surface area contributed by atoms with E-state index in [9.17, 15) is 0 Å². The third-order valence-electron chi connectivity index (χ3n) is 3.71. The van der Waals surface area contributed by atoms with E-state index in [-0.39, 0.29) is 0 Å². The minimum absolute atomic E-state index is 0.700. The summed E-state index contributed by atoms with van der Waals surface area (Å²) in [6.07, 6.45) is 1.33. The van der Waals surface area contributed by atoms with Crippen molar-refractivity contribution >= 4 is 11.3 Å². The maximum Gasteiger partial charge on any atom is 0.107 e. The molecule has 0 amide bonds. The van der Waals surface area contributed by atoms with Gasteiger partial charge in [0.05, 0.1) is 5.69 Å². The highest BCUT2D eigenvalue weighted by Crippen LogP contribution is 2.24. The van der Waals surface area contributed by atoms with Gasteiger partial charge in [-0.05, 0) is 31.7 Å². The van der Waals surface area contributed by atoms with Crippen molar-refractivity contribution in [1.29, 1.82) is 0 Å². The number of aromatic nitrogens is 1. The molecule has 0 aromatic carbocycles. The molecule has 0 aliphatic carbocycles. The Hall–Kier alpha value is -0.450. The largest absolute Gasteiger partial charge is 0.310 e. The highest BCUT2D eigenvalue weighted by atomic mass is 32.1. The number of likely N-dealkylation sites (tertiary alicyclic amines) is 1. The van der Waals surface area contributed by atoms with Crippen LogP contribution in [0.15, 0.2) is 5.38 Å². The van der Waals surface area contributed by atoms with Gasteiger partial charge in [-0.25, -0.2) is 4.98 Å². The van der Waals surface area contributed by atoms with Crippen LogP contribution in [0.4, 0.5) is 0 Å². The third-order valence-corrected chi connectivity index (χ3v) is 4.60. The predicted molar refractivity (Wildman–Crippen MR) is 82.3 cm³/mol. The van der Waals surface area contributed by atoms with E-state index in [0.717, 1.165) is 25.6 Å².